The molecular weight excluding hydrogens is 505 g/mol. The molecule has 0 aliphatic carbocycles. The van der Waals surface area contributed by atoms with E-state index in [1.54, 1.807) is 19.9 Å². The van der Waals surface area contributed by atoms with Gasteiger partial charge >= 0.3 is 0 Å². The van der Waals surface area contributed by atoms with E-state index in [1.807, 2.05) is 13.8 Å². The maximum atomic E-state index is 12.9. The number of benzene rings is 2. The second-order valence-electron chi connectivity index (χ2n) is 8.62. The Labute approximate surface area is 210 Å². The van der Waals surface area contributed by atoms with Crippen molar-refractivity contribution >= 4 is 34.4 Å². The normalized spacial score (nSPS) is 13.3. The van der Waals surface area contributed by atoms with Crippen LogP contribution >= 0.6 is 7.37 Å². The molecule has 36 heavy (non-hydrogen) atoms. The molecule has 0 aliphatic heterocycles. The van der Waals surface area contributed by atoms with Gasteiger partial charge in [-0.2, -0.15) is 0 Å². The largest absolute Gasteiger partial charge is 0.491 e. The molecule has 3 rings (SSSR count). The molecule has 0 spiro atoms. The van der Waals surface area contributed by atoms with Crippen LogP contribution in [0.5, 0.6) is 17.2 Å². The second-order valence-corrected chi connectivity index (χ2v) is 13.3. The van der Waals surface area contributed by atoms with Gasteiger partial charge in [-0.05, 0) is 64.1 Å². The predicted molar refractivity (Wildman–Crippen MR) is 136 cm³/mol. The lowest BCUT2D eigenvalue weighted by Gasteiger charge is -2.14. The van der Waals surface area contributed by atoms with Gasteiger partial charge in [0.1, 0.15) is 22.7 Å². The van der Waals surface area contributed by atoms with Crippen LogP contribution in [-0.4, -0.2) is 47.2 Å². The smallest absolute Gasteiger partial charge is 0.257 e. The Morgan fingerprint density at radius 3 is 2.14 bits per heavy atom. The van der Waals surface area contributed by atoms with Crippen molar-refractivity contribution in [2.24, 2.45) is 0 Å². The van der Waals surface area contributed by atoms with Crippen molar-refractivity contribution in [1.82, 2.24) is 9.97 Å². The Morgan fingerprint density at radius 1 is 0.972 bits per heavy atom. The summed E-state index contributed by atoms with van der Waals surface area (Å²) in [6.07, 6.45) is 2.16. The topological polar surface area (TPSA) is 145 Å². The van der Waals surface area contributed by atoms with E-state index in [1.165, 1.54) is 42.6 Å². The van der Waals surface area contributed by atoms with Crippen LogP contribution < -0.4 is 20.2 Å². The first kappa shape index (κ1) is 27.3. The third-order valence-electron chi connectivity index (χ3n) is 4.83. The number of sulfone groups is 1. The summed E-state index contributed by atoms with van der Waals surface area (Å²) in [7, 11) is -6.98. The molecule has 0 fully saturated rings. The SMILES string of the molecule is CC(C)Oc1cc(Oc2ccc(S(=O)(=O)C(C)C)cc2)cc(C(=O)Nc2cnc(P(C)(=O)O)cn2)c1. The molecule has 12 heteroatoms. The number of rotatable bonds is 9. The van der Waals surface area contributed by atoms with E-state index in [4.69, 9.17) is 9.47 Å². The number of carbonyl (C=O) groups excluding carboxylic acids is 1. The highest BCUT2D eigenvalue weighted by molar-refractivity contribution is 7.92. The number of amides is 1. The van der Waals surface area contributed by atoms with Crippen molar-refractivity contribution in [3.05, 3.63) is 60.4 Å². The fourth-order valence-corrected chi connectivity index (χ4v) is 4.60. The van der Waals surface area contributed by atoms with Gasteiger partial charge in [-0.25, -0.2) is 18.4 Å². The standard InChI is InChI=1S/C24H28N3O7PS/c1-15(2)33-19-10-17(24(28)27-22-13-26-23(14-25-22)35(5,29)30)11-20(12-19)34-18-6-8-21(9-7-18)36(31,32)16(3)4/h6-16H,1-5H3,(H,29,30)(H,25,27,28). The third-order valence-corrected chi connectivity index (χ3v) is 8.08. The molecule has 0 radical (unpaired) electrons. The zero-order valence-electron chi connectivity index (χ0n) is 20.5. The first-order valence-electron chi connectivity index (χ1n) is 11.0. The number of hydrogen-bond acceptors (Lipinski definition) is 8. The zero-order valence-corrected chi connectivity index (χ0v) is 22.2. The maximum absolute atomic E-state index is 12.9. The number of nitrogens with zero attached hydrogens (tertiary/aromatic N) is 2. The van der Waals surface area contributed by atoms with Crippen LogP contribution in [0.25, 0.3) is 0 Å². The van der Waals surface area contributed by atoms with Crippen LogP contribution in [0.1, 0.15) is 38.1 Å². The van der Waals surface area contributed by atoms with Crippen LogP contribution in [0.15, 0.2) is 59.8 Å². The minimum Gasteiger partial charge on any atom is -0.491 e. The number of ether oxygens (including phenoxy) is 2. The van der Waals surface area contributed by atoms with Crippen LogP contribution in [0, 0.1) is 0 Å². The van der Waals surface area contributed by atoms with E-state index < -0.39 is 28.4 Å². The van der Waals surface area contributed by atoms with Crippen LogP contribution in [-0.2, 0) is 14.4 Å². The molecule has 3 aromatic rings. The third kappa shape index (κ3) is 6.90. The van der Waals surface area contributed by atoms with E-state index in [2.05, 4.69) is 15.3 Å². The lowest BCUT2D eigenvalue weighted by molar-refractivity contribution is 0.102. The highest BCUT2D eigenvalue weighted by Gasteiger charge is 2.20. The first-order chi connectivity index (χ1) is 16.8. The summed E-state index contributed by atoms with van der Waals surface area (Å²) in [4.78, 5) is 30.5. The van der Waals surface area contributed by atoms with Crippen molar-refractivity contribution in [3.63, 3.8) is 0 Å². The van der Waals surface area contributed by atoms with E-state index in [0.717, 1.165) is 12.9 Å². The Morgan fingerprint density at radius 2 is 1.61 bits per heavy atom. The average molecular weight is 534 g/mol. The Balaban J connectivity index is 1.85. The van der Waals surface area contributed by atoms with Gasteiger partial charge in [-0.15, -0.1) is 0 Å². The van der Waals surface area contributed by atoms with Crippen molar-refractivity contribution < 1.29 is 32.1 Å². The quantitative estimate of drug-likeness (QED) is 0.390. The summed E-state index contributed by atoms with van der Waals surface area (Å²) in [5, 5.41) is 2.03. The Bertz CT molecular complexity index is 1380. The van der Waals surface area contributed by atoms with Crippen LogP contribution in [0.2, 0.25) is 0 Å². The highest BCUT2D eigenvalue weighted by atomic mass is 32.2. The van der Waals surface area contributed by atoms with Crippen molar-refractivity contribution in [2.45, 2.75) is 43.9 Å². The number of nitrogens with one attached hydrogen (secondary N) is 1. The first-order valence-corrected chi connectivity index (χ1v) is 14.7. The zero-order chi connectivity index (χ0) is 26.7. The van der Waals surface area contributed by atoms with Gasteiger partial charge in [0.05, 0.1) is 28.6 Å². The molecule has 1 unspecified atom stereocenters. The van der Waals surface area contributed by atoms with Crippen LogP contribution in [0.4, 0.5) is 5.82 Å². The lowest BCUT2D eigenvalue weighted by atomic mass is 10.2. The van der Waals surface area contributed by atoms with Gasteiger partial charge in [0, 0.05) is 18.3 Å². The summed E-state index contributed by atoms with van der Waals surface area (Å²) >= 11 is 0. The monoisotopic (exact) mass is 533 g/mol. The molecule has 1 atom stereocenters. The minimum atomic E-state index is -3.56. The molecule has 0 saturated carbocycles. The average Bonchev–Trinajstić information content (AvgIpc) is 2.78. The summed E-state index contributed by atoms with van der Waals surface area (Å²) in [5.41, 5.74) is 0.132. The lowest BCUT2D eigenvalue weighted by Crippen LogP contribution is -2.16. The molecule has 10 nitrogen and oxygen atoms in total. The van der Waals surface area contributed by atoms with Gasteiger partial charge in [-0.3, -0.25) is 9.36 Å². The second kappa shape index (κ2) is 10.8. The molecular formula is C24H28N3O7PS. The summed E-state index contributed by atoms with van der Waals surface area (Å²) < 4.78 is 48.0. The van der Waals surface area contributed by atoms with Crippen molar-refractivity contribution in [2.75, 3.05) is 12.0 Å². The number of anilines is 1. The van der Waals surface area contributed by atoms with Gasteiger partial charge in [0.25, 0.3) is 5.91 Å². The summed E-state index contributed by atoms with van der Waals surface area (Å²) in [6.45, 7) is 8.05. The van der Waals surface area contributed by atoms with E-state index in [0.29, 0.717) is 17.2 Å². The predicted octanol–water partition coefficient (Wildman–Crippen LogP) is 4.02. The van der Waals surface area contributed by atoms with Gasteiger partial charge in [0.15, 0.2) is 15.7 Å². The molecule has 1 amide bonds. The molecule has 2 aromatic carbocycles. The Kier molecular flexibility index (Phi) is 8.18. The number of hydrogen-bond donors (Lipinski definition) is 2. The van der Waals surface area contributed by atoms with Gasteiger partial charge in [0.2, 0.25) is 7.37 Å². The van der Waals surface area contributed by atoms with E-state index in [9.17, 15) is 22.7 Å². The molecule has 0 saturated heterocycles. The molecule has 1 heterocycles. The van der Waals surface area contributed by atoms with Gasteiger partial charge < -0.3 is 19.7 Å². The van der Waals surface area contributed by atoms with Crippen molar-refractivity contribution in [1.29, 1.82) is 0 Å². The fourth-order valence-electron chi connectivity index (χ4n) is 3.00. The molecule has 0 aliphatic rings. The van der Waals surface area contributed by atoms with Crippen LogP contribution in [0.3, 0.4) is 0 Å². The molecule has 2 N–H and O–H groups in total. The number of carbonyl (C=O) groups is 1. The molecule has 0 bridgehead atoms. The fraction of sp³-hybridized carbons (Fsp3) is 0.292. The number of aromatic nitrogens is 2. The van der Waals surface area contributed by atoms with Gasteiger partial charge in [-0.1, -0.05) is 0 Å². The van der Waals surface area contributed by atoms with E-state index in [-0.39, 0.29) is 27.8 Å². The summed E-state index contributed by atoms with van der Waals surface area (Å²) in [6, 6.07) is 10.7. The Hall–Kier alpha value is -3.27. The maximum Gasteiger partial charge on any atom is 0.257 e. The highest BCUT2D eigenvalue weighted by Crippen LogP contribution is 2.32. The molecule has 192 valence electrons. The van der Waals surface area contributed by atoms with E-state index >= 15 is 0 Å². The van der Waals surface area contributed by atoms with Crippen molar-refractivity contribution in [3.8, 4) is 17.2 Å². The molecule has 1 aromatic heterocycles. The minimum absolute atomic E-state index is 0.0734. The summed E-state index contributed by atoms with van der Waals surface area (Å²) in [5.74, 6) is 0.627.